The van der Waals surface area contributed by atoms with Gasteiger partial charge in [-0.15, -0.1) is 0 Å². The molecule has 0 heterocycles. The lowest BCUT2D eigenvalue weighted by Gasteiger charge is -2.14. The van der Waals surface area contributed by atoms with Crippen LogP contribution in [0, 0.1) is 0 Å². The van der Waals surface area contributed by atoms with E-state index in [1.165, 1.54) is 0 Å². The average Bonchev–Trinajstić information content (AvgIpc) is 2.27. The van der Waals surface area contributed by atoms with E-state index < -0.39 is 18.0 Å². The summed E-state index contributed by atoms with van der Waals surface area (Å²) >= 11 is 0. The first-order valence-corrected chi connectivity index (χ1v) is 6.43. The summed E-state index contributed by atoms with van der Waals surface area (Å²) in [5.74, 6) is -1.21. The lowest BCUT2D eigenvalue weighted by molar-refractivity contribution is -0.139. The monoisotopic (exact) mass is 273 g/mol. The number of carboxylic acid groups (broad SMARTS) is 1. The number of nitrogens with one attached hydrogen (secondary N) is 3. The number of rotatable bonds is 8. The van der Waals surface area contributed by atoms with Crippen LogP contribution in [0.3, 0.4) is 0 Å². The molecule has 1 atom stereocenters. The van der Waals surface area contributed by atoms with Crippen LogP contribution in [0.15, 0.2) is 0 Å². The molecule has 0 unspecified atom stereocenters. The first-order valence-electron chi connectivity index (χ1n) is 6.43. The number of carbonyl (C=O) groups is 3. The summed E-state index contributed by atoms with van der Waals surface area (Å²) in [7, 11) is 0. The second-order valence-electron chi connectivity index (χ2n) is 4.55. The molecule has 19 heavy (non-hydrogen) atoms. The van der Waals surface area contributed by atoms with Gasteiger partial charge in [-0.1, -0.05) is 13.3 Å². The van der Waals surface area contributed by atoms with Crippen molar-refractivity contribution in [3.05, 3.63) is 0 Å². The van der Waals surface area contributed by atoms with E-state index in [9.17, 15) is 14.4 Å². The van der Waals surface area contributed by atoms with Crippen LogP contribution in [0.25, 0.3) is 0 Å². The maximum absolute atomic E-state index is 11.4. The van der Waals surface area contributed by atoms with Crippen LogP contribution in [0.4, 0.5) is 4.79 Å². The summed E-state index contributed by atoms with van der Waals surface area (Å²) in [4.78, 5) is 33.5. The van der Waals surface area contributed by atoms with E-state index in [-0.39, 0.29) is 24.9 Å². The van der Waals surface area contributed by atoms with Crippen LogP contribution in [0.1, 0.15) is 40.0 Å². The minimum absolute atomic E-state index is 0.0577. The summed E-state index contributed by atoms with van der Waals surface area (Å²) < 4.78 is 0. The molecule has 0 rings (SSSR count). The third-order valence-corrected chi connectivity index (χ3v) is 2.27. The lowest BCUT2D eigenvalue weighted by atomic mass is 10.2. The largest absolute Gasteiger partial charge is 0.480 e. The molecule has 7 heteroatoms. The van der Waals surface area contributed by atoms with Crippen LogP contribution >= 0.6 is 0 Å². The molecule has 0 aromatic heterocycles. The normalized spacial score (nSPS) is 11.8. The second kappa shape index (κ2) is 9.18. The number of hydrogen-bond acceptors (Lipinski definition) is 3. The molecule has 0 saturated heterocycles. The Bertz CT molecular complexity index is 318. The molecule has 0 aromatic carbocycles. The van der Waals surface area contributed by atoms with E-state index >= 15 is 0 Å². The van der Waals surface area contributed by atoms with Crippen molar-refractivity contribution in [1.82, 2.24) is 16.0 Å². The Hall–Kier alpha value is -1.79. The van der Waals surface area contributed by atoms with Crippen molar-refractivity contribution >= 4 is 17.9 Å². The average molecular weight is 273 g/mol. The summed E-state index contributed by atoms with van der Waals surface area (Å²) in [6, 6.07) is -1.41. The highest BCUT2D eigenvalue weighted by Crippen LogP contribution is 1.96. The number of amides is 3. The van der Waals surface area contributed by atoms with E-state index in [1.807, 2.05) is 20.8 Å². The first-order chi connectivity index (χ1) is 8.86. The first kappa shape index (κ1) is 17.2. The quantitative estimate of drug-likeness (QED) is 0.515. The molecule has 0 aromatic rings. The highest BCUT2D eigenvalue weighted by molar-refractivity contribution is 5.83. The molecule has 0 radical (unpaired) electrons. The van der Waals surface area contributed by atoms with E-state index in [2.05, 4.69) is 16.0 Å². The molecule has 0 aliphatic carbocycles. The highest BCUT2D eigenvalue weighted by Gasteiger charge is 2.18. The molecule has 3 amide bonds. The molecule has 7 nitrogen and oxygen atoms in total. The SMILES string of the molecule is CCC[C@H](NC(=O)NCCC(=O)NC(C)C)C(=O)O. The van der Waals surface area contributed by atoms with Crippen molar-refractivity contribution in [3.8, 4) is 0 Å². The fraction of sp³-hybridized carbons (Fsp3) is 0.750. The topological polar surface area (TPSA) is 108 Å². The Morgan fingerprint density at radius 2 is 1.79 bits per heavy atom. The van der Waals surface area contributed by atoms with Crippen molar-refractivity contribution in [1.29, 1.82) is 0 Å². The summed E-state index contributed by atoms with van der Waals surface area (Å²) in [5, 5.41) is 16.4. The maximum atomic E-state index is 11.4. The smallest absolute Gasteiger partial charge is 0.326 e. The molecule has 0 bridgehead atoms. The van der Waals surface area contributed by atoms with Gasteiger partial charge in [0.25, 0.3) is 0 Å². The van der Waals surface area contributed by atoms with E-state index in [4.69, 9.17) is 5.11 Å². The molecular formula is C12H23N3O4. The fourth-order valence-corrected chi connectivity index (χ4v) is 1.44. The molecule has 0 aliphatic rings. The van der Waals surface area contributed by atoms with Crippen molar-refractivity contribution in [3.63, 3.8) is 0 Å². The van der Waals surface area contributed by atoms with Gasteiger partial charge in [0.15, 0.2) is 0 Å². The molecule has 4 N–H and O–H groups in total. The Kier molecular flexibility index (Phi) is 8.32. The van der Waals surface area contributed by atoms with Crippen LogP contribution in [-0.2, 0) is 9.59 Å². The van der Waals surface area contributed by atoms with Gasteiger partial charge in [0, 0.05) is 19.0 Å². The van der Waals surface area contributed by atoms with Gasteiger partial charge in [-0.2, -0.15) is 0 Å². The summed E-state index contributed by atoms with van der Waals surface area (Å²) in [6.45, 7) is 5.70. The second-order valence-corrected chi connectivity index (χ2v) is 4.55. The Balaban J connectivity index is 3.91. The third-order valence-electron chi connectivity index (χ3n) is 2.27. The molecule has 110 valence electrons. The zero-order valence-electron chi connectivity index (χ0n) is 11.7. The lowest BCUT2D eigenvalue weighted by Crippen LogP contribution is -2.46. The number of urea groups is 1. The summed E-state index contributed by atoms with van der Waals surface area (Å²) in [6.07, 6.45) is 1.20. The van der Waals surface area contributed by atoms with Gasteiger partial charge in [0.05, 0.1) is 0 Å². The van der Waals surface area contributed by atoms with E-state index in [0.29, 0.717) is 12.8 Å². The minimum Gasteiger partial charge on any atom is -0.480 e. The Labute approximate surface area is 113 Å². The number of hydrogen-bond donors (Lipinski definition) is 4. The predicted molar refractivity (Wildman–Crippen MR) is 70.8 cm³/mol. The van der Waals surface area contributed by atoms with Crippen molar-refractivity contribution in [2.75, 3.05) is 6.54 Å². The van der Waals surface area contributed by atoms with Crippen molar-refractivity contribution < 1.29 is 19.5 Å². The fourth-order valence-electron chi connectivity index (χ4n) is 1.44. The van der Waals surface area contributed by atoms with Gasteiger partial charge >= 0.3 is 12.0 Å². The molecule has 0 aliphatic heterocycles. The highest BCUT2D eigenvalue weighted by atomic mass is 16.4. The van der Waals surface area contributed by atoms with E-state index in [0.717, 1.165) is 0 Å². The maximum Gasteiger partial charge on any atom is 0.326 e. The van der Waals surface area contributed by atoms with E-state index in [1.54, 1.807) is 0 Å². The van der Waals surface area contributed by atoms with Crippen molar-refractivity contribution in [2.45, 2.75) is 52.1 Å². The summed E-state index contributed by atoms with van der Waals surface area (Å²) in [5.41, 5.74) is 0. The molecule has 0 spiro atoms. The zero-order chi connectivity index (χ0) is 14.8. The number of carboxylic acids is 1. The zero-order valence-corrected chi connectivity index (χ0v) is 11.7. The Morgan fingerprint density at radius 1 is 1.16 bits per heavy atom. The van der Waals surface area contributed by atoms with Gasteiger partial charge < -0.3 is 21.1 Å². The van der Waals surface area contributed by atoms with Crippen molar-refractivity contribution in [2.24, 2.45) is 0 Å². The molecular weight excluding hydrogens is 250 g/mol. The molecule has 0 fully saturated rings. The Morgan fingerprint density at radius 3 is 2.26 bits per heavy atom. The van der Waals surface area contributed by atoms with Crippen LogP contribution < -0.4 is 16.0 Å². The van der Waals surface area contributed by atoms with Crippen LogP contribution in [-0.4, -0.2) is 41.6 Å². The standard InChI is InChI=1S/C12H23N3O4/c1-4-5-9(11(17)18)15-12(19)13-7-6-10(16)14-8(2)3/h8-9H,4-7H2,1-3H3,(H,14,16)(H,17,18)(H2,13,15,19)/t9-/m0/s1. The van der Waals surface area contributed by atoms with Gasteiger partial charge in [-0.05, 0) is 20.3 Å². The number of aliphatic carboxylic acids is 1. The third kappa shape index (κ3) is 8.87. The van der Waals surface area contributed by atoms with Crippen LogP contribution in [0.2, 0.25) is 0 Å². The molecule has 0 saturated carbocycles. The minimum atomic E-state index is -1.06. The predicted octanol–water partition coefficient (Wildman–Crippen LogP) is 0.454. The van der Waals surface area contributed by atoms with Gasteiger partial charge in [-0.25, -0.2) is 9.59 Å². The van der Waals surface area contributed by atoms with Gasteiger partial charge in [-0.3, -0.25) is 4.79 Å². The van der Waals surface area contributed by atoms with Gasteiger partial charge in [0.1, 0.15) is 6.04 Å². The van der Waals surface area contributed by atoms with Crippen LogP contribution in [0.5, 0.6) is 0 Å². The van der Waals surface area contributed by atoms with Gasteiger partial charge in [0.2, 0.25) is 5.91 Å². The number of carbonyl (C=O) groups excluding carboxylic acids is 2.